The summed E-state index contributed by atoms with van der Waals surface area (Å²) < 4.78 is 6.56. The summed E-state index contributed by atoms with van der Waals surface area (Å²) >= 11 is 0. The summed E-state index contributed by atoms with van der Waals surface area (Å²) in [5.74, 6) is -2.12. The topological polar surface area (TPSA) is 101 Å². The second-order valence-corrected chi connectivity index (χ2v) is 14.4. The minimum atomic E-state index is -0.843. The summed E-state index contributed by atoms with van der Waals surface area (Å²) in [5, 5.41) is 20.0. The minimum absolute atomic E-state index is 0.144. The summed E-state index contributed by atoms with van der Waals surface area (Å²) in [6.45, 7) is 23.5. The van der Waals surface area contributed by atoms with Crippen molar-refractivity contribution < 1.29 is 29.4 Å². The van der Waals surface area contributed by atoms with Crippen LogP contribution in [-0.4, -0.2) is 59.0 Å². The molecule has 2 unspecified atom stereocenters. The number of carbonyl (C=O) groups excluding carboxylic acids is 2. The fourth-order valence-corrected chi connectivity index (χ4v) is 4.99. The number of rotatable bonds is 11. The third-order valence-corrected chi connectivity index (χ3v) is 8.20. The van der Waals surface area contributed by atoms with Crippen molar-refractivity contribution in [2.75, 3.05) is 27.2 Å². The zero-order valence-corrected chi connectivity index (χ0v) is 25.5. The first-order valence-corrected chi connectivity index (χ1v) is 13.1. The first-order chi connectivity index (χ1) is 16.5. The van der Waals surface area contributed by atoms with Crippen LogP contribution in [0, 0.1) is 33.0 Å². The van der Waals surface area contributed by atoms with Crippen molar-refractivity contribution in [1.82, 2.24) is 9.63 Å². The Labute approximate surface area is 224 Å². The number of hydrogen-bond donors (Lipinski definition) is 2. The van der Waals surface area contributed by atoms with Gasteiger partial charge in [0.1, 0.15) is 6.61 Å². The Kier molecular flexibility index (Phi) is 9.98. The van der Waals surface area contributed by atoms with Gasteiger partial charge in [-0.3, -0.25) is 4.79 Å². The Morgan fingerprint density at radius 2 is 1.41 bits per heavy atom. The molecular formula is C29H52N2O6. The monoisotopic (exact) mass is 524 g/mol. The average molecular weight is 525 g/mol. The van der Waals surface area contributed by atoms with E-state index in [1.54, 1.807) is 0 Å². The molecule has 1 aromatic rings. The van der Waals surface area contributed by atoms with E-state index in [1.807, 2.05) is 46.7 Å². The highest BCUT2D eigenvalue weighted by Crippen LogP contribution is 2.59. The van der Waals surface area contributed by atoms with Gasteiger partial charge in [-0.1, -0.05) is 69.2 Å². The van der Waals surface area contributed by atoms with Crippen LogP contribution in [0.3, 0.4) is 0 Å². The lowest BCUT2D eigenvalue weighted by atomic mass is 9.49. The molecule has 2 atom stereocenters. The summed E-state index contributed by atoms with van der Waals surface area (Å²) in [5.41, 5.74) is -2.59. The van der Waals surface area contributed by atoms with Crippen LogP contribution < -0.4 is 4.84 Å². The smallest absolute Gasteiger partial charge is 0.336 e. The SMILES string of the molecule is CN(C)CCOC(=O)C(C)(CC(C)(C)C)C(C)(C)C(C)(C)CC(C(=O)On1c(O)ccc1O)C(C)(C)C. The van der Waals surface area contributed by atoms with Gasteiger partial charge < -0.3 is 24.7 Å². The van der Waals surface area contributed by atoms with E-state index in [2.05, 4.69) is 48.5 Å². The van der Waals surface area contributed by atoms with Crippen molar-refractivity contribution >= 4 is 11.9 Å². The lowest BCUT2D eigenvalue weighted by molar-refractivity contribution is -0.177. The number of hydrogen-bond acceptors (Lipinski definition) is 7. The molecule has 0 amide bonds. The summed E-state index contributed by atoms with van der Waals surface area (Å²) in [6.07, 6.45) is 1.02. The van der Waals surface area contributed by atoms with Crippen molar-refractivity contribution in [2.24, 2.45) is 33.0 Å². The van der Waals surface area contributed by atoms with E-state index in [-0.39, 0.29) is 23.1 Å². The second-order valence-electron chi connectivity index (χ2n) is 14.4. The number of esters is 1. The molecule has 0 fully saturated rings. The number of likely N-dealkylation sites (N-methyl/N-ethyl adjacent to an activating group) is 1. The fourth-order valence-electron chi connectivity index (χ4n) is 4.99. The summed E-state index contributed by atoms with van der Waals surface area (Å²) in [6, 6.07) is 2.50. The van der Waals surface area contributed by atoms with Crippen LogP contribution in [-0.2, 0) is 14.3 Å². The number of aromatic nitrogens is 1. The highest BCUT2D eigenvalue weighted by molar-refractivity contribution is 5.78. The van der Waals surface area contributed by atoms with Crippen LogP contribution in [0.2, 0.25) is 0 Å². The molecule has 214 valence electrons. The average Bonchev–Trinajstić information content (AvgIpc) is 3.01. The Morgan fingerprint density at radius 3 is 1.81 bits per heavy atom. The molecule has 8 heteroatoms. The molecule has 0 radical (unpaired) electrons. The maximum absolute atomic E-state index is 13.7. The van der Waals surface area contributed by atoms with E-state index in [0.29, 0.717) is 26.0 Å². The maximum atomic E-state index is 13.7. The predicted molar refractivity (Wildman–Crippen MR) is 146 cm³/mol. The van der Waals surface area contributed by atoms with Crippen molar-refractivity contribution in [3.63, 3.8) is 0 Å². The molecule has 0 spiro atoms. The molecule has 0 saturated carbocycles. The van der Waals surface area contributed by atoms with Crippen LogP contribution in [0.4, 0.5) is 0 Å². The van der Waals surface area contributed by atoms with Gasteiger partial charge >= 0.3 is 11.9 Å². The Balaban J connectivity index is 3.42. The van der Waals surface area contributed by atoms with Gasteiger partial charge in [0.05, 0.1) is 11.3 Å². The van der Waals surface area contributed by atoms with Gasteiger partial charge in [0, 0.05) is 18.7 Å². The van der Waals surface area contributed by atoms with Crippen molar-refractivity contribution in [1.29, 1.82) is 0 Å². The summed E-state index contributed by atoms with van der Waals surface area (Å²) in [7, 11) is 3.88. The molecule has 2 N–H and O–H groups in total. The van der Waals surface area contributed by atoms with Gasteiger partial charge in [-0.2, -0.15) is 0 Å². The van der Waals surface area contributed by atoms with E-state index in [0.717, 1.165) is 4.73 Å². The third kappa shape index (κ3) is 7.88. The van der Waals surface area contributed by atoms with Gasteiger partial charge in [-0.15, -0.1) is 4.73 Å². The van der Waals surface area contributed by atoms with Crippen LogP contribution in [0.1, 0.15) is 89.0 Å². The molecule has 37 heavy (non-hydrogen) atoms. The Morgan fingerprint density at radius 1 is 0.919 bits per heavy atom. The standard InChI is InChI=1S/C29H52N2O6/c1-25(2,3)19-29(11,24(35)36-17-16-30(12)13)28(9,10)27(7,8)18-20(26(4,5)6)23(34)37-31-21(32)14-15-22(31)33/h14-15,20,32-33H,16-19H2,1-13H3. The van der Waals surface area contributed by atoms with E-state index in [9.17, 15) is 19.8 Å². The van der Waals surface area contributed by atoms with E-state index in [4.69, 9.17) is 9.57 Å². The first kappa shape index (κ1) is 32.8. The predicted octanol–water partition coefficient (Wildman–Crippen LogP) is 5.51. The normalized spacial score (nSPS) is 15.8. The van der Waals surface area contributed by atoms with Crippen LogP contribution in [0.5, 0.6) is 11.8 Å². The highest BCUT2D eigenvalue weighted by Gasteiger charge is 2.58. The van der Waals surface area contributed by atoms with Gasteiger partial charge in [0.15, 0.2) is 0 Å². The Bertz CT molecular complexity index is 914. The molecular weight excluding hydrogens is 472 g/mol. The summed E-state index contributed by atoms with van der Waals surface area (Å²) in [4.78, 5) is 34.6. The van der Waals surface area contributed by atoms with E-state index < -0.39 is 33.5 Å². The Hall–Kier alpha value is -2.22. The highest BCUT2D eigenvalue weighted by atomic mass is 16.7. The lowest BCUT2D eigenvalue weighted by Crippen LogP contribution is -2.54. The quantitative estimate of drug-likeness (QED) is 0.368. The lowest BCUT2D eigenvalue weighted by Gasteiger charge is -2.55. The molecule has 1 heterocycles. The van der Waals surface area contributed by atoms with Crippen LogP contribution >= 0.6 is 0 Å². The molecule has 0 aliphatic rings. The van der Waals surface area contributed by atoms with Gasteiger partial charge in [0.25, 0.3) is 0 Å². The molecule has 0 bridgehead atoms. The first-order valence-electron chi connectivity index (χ1n) is 13.1. The molecule has 1 rings (SSSR count). The molecule has 8 nitrogen and oxygen atoms in total. The van der Waals surface area contributed by atoms with Crippen LogP contribution in [0.25, 0.3) is 0 Å². The van der Waals surface area contributed by atoms with Gasteiger partial charge in [0.2, 0.25) is 11.8 Å². The van der Waals surface area contributed by atoms with Crippen LogP contribution in [0.15, 0.2) is 12.1 Å². The van der Waals surface area contributed by atoms with Gasteiger partial charge in [-0.25, -0.2) is 4.79 Å². The molecule has 0 aliphatic heterocycles. The maximum Gasteiger partial charge on any atom is 0.336 e. The fraction of sp³-hybridized carbons (Fsp3) is 0.793. The van der Waals surface area contributed by atoms with Gasteiger partial charge in [-0.05, 0) is 55.5 Å². The van der Waals surface area contributed by atoms with Crippen molar-refractivity contribution in [3.8, 4) is 11.8 Å². The number of nitrogens with zero attached hydrogens (tertiary/aromatic N) is 2. The minimum Gasteiger partial charge on any atom is -0.492 e. The zero-order valence-electron chi connectivity index (χ0n) is 25.5. The molecule has 1 aromatic heterocycles. The number of carbonyl (C=O) groups is 2. The second kappa shape index (κ2) is 11.3. The van der Waals surface area contributed by atoms with Crippen molar-refractivity contribution in [3.05, 3.63) is 12.1 Å². The third-order valence-electron chi connectivity index (χ3n) is 8.20. The number of aromatic hydroxyl groups is 2. The molecule has 0 aliphatic carbocycles. The largest absolute Gasteiger partial charge is 0.492 e. The number of ether oxygens (including phenoxy) is 1. The van der Waals surface area contributed by atoms with E-state index in [1.165, 1.54) is 12.1 Å². The molecule has 0 aromatic carbocycles. The zero-order chi connectivity index (χ0) is 29.2. The van der Waals surface area contributed by atoms with Crippen molar-refractivity contribution in [2.45, 2.75) is 89.0 Å². The van der Waals surface area contributed by atoms with E-state index >= 15 is 0 Å². The molecule has 0 saturated heterocycles.